The molecule has 134 valence electrons. The molecule has 0 amide bonds. The molecule has 0 unspecified atom stereocenters. The lowest BCUT2D eigenvalue weighted by atomic mass is 10.1. The van der Waals surface area contributed by atoms with E-state index in [2.05, 4.69) is 34.6 Å². The van der Waals surface area contributed by atoms with Crippen molar-refractivity contribution in [2.75, 3.05) is 40.5 Å². The number of aryl methyl sites for hydroxylation is 2. The summed E-state index contributed by atoms with van der Waals surface area (Å²) in [5.41, 5.74) is 2.13. The zero-order valence-electron chi connectivity index (χ0n) is 14.5. The van der Waals surface area contributed by atoms with E-state index in [1.807, 2.05) is 0 Å². The lowest BCUT2D eigenvalue weighted by Gasteiger charge is -2.12. The Morgan fingerprint density at radius 1 is 1.17 bits per heavy atom. The minimum absolute atomic E-state index is 0. The molecule has 0 atom stereocenters. The first-order valence-corrected chi connectivity index (χ1v) is 7.74. The minimum Gasteiger partial charge on any atom is -0.382 e. The van der Waals surface area contributed by atoms with E-state index in [4.69, 9.17) is 14.0 Å². The van der Waals surface area contributed by atoms with Gasteiger partial charge >= 0.3 is 0 Å². The zero-order valence-corrected chi connectivity index (χ0v) is 16.8. The fourth-order valence-corrected chi connectivity index (χ4v) is 2.02. The van der Waals surface area contributed by atoms with Gasteiger partial charge in [-0.25, -0.2) is 0 Å². The average Bonchev–Trinajstić information content (AvgIpc) is 2.95. The highest BCUT2D eigenvalue weighted by Crippen LogP contribution is 2.15. The molecule has 0 saturated heterocycles. The van der Waals surface area contributed by atoms with Gasteiger partial charge in [-0.05, 0) is 6.42 Å². The van der Waals surface area contributed by atoms with Crippen LogP contribution >= 0.6 is 24.0 Å². The first-order chi connectivity index (χ1) is 10.8. The quantitative estimate of drug-likeness (QED) is 0.250. The van der Waals surface area contributed by atoms with Crippen LogP contribution in [-0.2, 0) is 28.9 Å². The number of methoxy groups -OCH3 is 1. The van der Waals surface area contributed by atoms with Crippen LogP contribution in [0, 0.1) is 0 Å². The molecule has 0 aromatic carbocycles. The summed E-state index contributed by atoms with van der Waals surface area (Å²) in [6, 6.07) is 0. The number of rotatable bonds is 10. The predicted molar refractivity (Wildman–Crippen MR) is 102 cm³/mol. The van der Waals surface area contributed by atoms with E-state index in [9.17, 15) is 0 Å². The van der Waals surface area contributed by atoms with E-state index in [0.717, 1.165) is 35.8 Å². The first-order valence-electron chi connectivity index (χ1n) is 7.74. The average molecular weight is 440 g/mol. The van der Waals surface area contributed by atoms with Crippen LogP contribution in [0.25, 0.3) is 0 Å². The Morgan fingerprint density at radius 2 is 1.96 bits per heavy atom. The standard InChI is InChI=1S/C15H28N4O3.HI/c1-5-13-12(14(6-2)22-19-13)11-18-15(16-3)17-7-8-21-10-9-20-4;/h5-11H2,1-4H3,(H2,16,17,18);1H. The fraction of sp³-hybridized carbons (Fsp3) is 0.733. The van der Waals surface area contributed by atoms with Crippen molar-refractivity contribution < 1.29 is 14.0 Å². The number of nitrogens with one attached hydrogen (secondary N) is 2. The molecule has 8 heteroatoms. The zero-order chi connectivity index (χ0) is 16.2. The van der Waals surface area contributed by atoms with Crippen molar-refractivity contribution in [3.63, 3.8) is 0 Å². The summed E-state index contributed by atoms with van der Waals surface area (Å²) >= 11 is 0. The Labute approximate surface area is 155 Å². The van der Waals surface area contributed by atoms with Gasteiger partial charge in [-0.15, -0.1) is 24.0 Å². The van der Waals surface area contributed by atoms with Gasteiger partial charge in [0.15, 0.2) is 5.96 Å². The number of guanidine groups is 1. The van der Waals surface area contributed by atoms with Gasteiger partial charge in [-0.1, -0.05) is 19.0 Å². The summed E-state index contributed by atoms with van der Waals surface area (Å²) in [6.07, 6.45) is 1.70. The normalized spacial score (nSPS) is 11.2. The third-order valence-electron chi connectivity index (χ3n) is 3.23. The third kappa shape index (κ3) is 7.98. The Balaban J connectivity index is 0.00000484. The van der Waals surface area contributed by atoms with Crippen molar-refractivity contribution in [3.8, 4) is 0 Å². The number of ether oxygens (including phenoxy) is 2. The Morgan fingerprint density at radius 3 is 2.57 bits per heavy atom. The first kappa shape index (κ1) is 22.1. The molecule has 0 fully saturated rings. The summed E-state index contributed by atoms with van der Waals surface area (Å²) in [6.45, 7) is 7.30. The second-order valence-corrected chi connectivity index (χ2v) is 4.70. The van der Waals surface area contributed by atoms with Crippen LogP contribution in [0.4, 0.5) is 0 Å². The highest BCUT2D eigenvalue weighted by atomic mass is 127. The van der Waals surface area contributed by atoms with Crippen molar-refractivity contribution in [1.29, 1.82) is 0 Å². The summed E-state index contributed by atoms with van der Waals surface area (Å²) in [7, 11) is 3.41. The lowest BCUT2D eigenvalue weighted by molar-refractivity contribution is 0.0733. The second kappa shape index (κ2) is 13.6. The van der Waals surface area contributed by atoms with Crippen molar-refractivity contribution >= 4 is 29.9 Å². The highest BCUT2D eigenvalue weighted by Gasteiger charge is 2.13. The number of aromatic nitrogens is 1. The van der Waals surface area contributed by atoms with Crippen LogP contribution in [0.15, 0.2) is 9.52 Å². The van der Waals surface area contributed by atoms with Gasteiger partial charge in [0, 0.05) is 39.2 Å². The molecule has 2 N–H and O–H groups in total. The van der Waals surface area contributed by atoms with Gasteiger partial charge in [-0.3, -0.25) is 4.99 Å². The fourth-order valence-electron chi connectivity index (χ4n) is 2.02. The number of hydrogen-bond donors (Lipinski definition) is 2. The van der Waals surface area contributed by atoms with E-state index in [1.165, 1.54) is 0 Å². The summed E-state index contributed by atoms with van der Waals surface area (Å²) in [5.74, 6) is 1.67. The molecule has 0 aliphatic carbocycles. The van der Waals surface area contributed by atoms with E-state index in [1.54, 1.807) is 14.2 Å². The van der Waals surface area contributed by atoms with Crippen molar-refractivity contribution in [1.82, 2.24) is 15.8 Å². The van der Waals surface area contributed by atoms with E-state index in [-0.39, 0.29) is 24.0 Å². The van der Waals surface area contributed by atoms with Crippen LogP contribution in [0.1, 0.15) is 30.9 Å². The van der Waals surface area contributed by atoms with E-state index < -0.39 is 0 Å². The van der Waals surface area contributed by atoms with Gasteiger partial charge in [0.25, 0.3) is 0 Å². The van der Waals surface area contributed by atoms with Crippen LogP contribution in [0.2, 0.25) is 0 Å². The van der Waals surface area contributed by atoms with Gasteiger partial charge in [-0.2, -0.15) is 0 Å². The number of halogens is 1. The van der Waals surface area contributed by atoms with Crippen molar-refractivity contribution in [2.24, 2.45) is 4.99 Å². The van der Waals surface area contributed by atoms with Crippen molar-refractivity contribution in [2.45, 2.75) is 33.2 Å². The molecule has 0 bridgehead atoms. The largest absolute Gasteiger partial charge is 0.382 e. The molecule has 0 aliphatic heterocycles. The number of hydrogen-bond acceptors (Lipinski definition) is 5. The molecule has 0 aliphatic rings. The van der Waals surface area contributed by atoms with Crippen molar-refractivity contribution in [3.05, 3.63) is 17.0 Å². The molecule has 7 nitrogen and oxygen atoms in total. The van der Waals surface area contributed by atoms with E-state index >= 15 is 0 Å². The van der Waals surface area contributed by atoms with Crippen LogP contribution < -0.4 is 10.6 Å². The topological polar surface area (TPSA) is 80.9 Å². The van der Waals surface area contributed by atoms with Crippen LogP contribution in [0.3, 0.4) is 0 Å². The third-order valence-corrected chi connectivity index (χ3v) is 3.23. The number of nitrogens with zero attached hydrogens (tertiary/aromatic N) is 2. The molecule has 23 heavy (non-hydrogen) atoms. The SMILES string of the molecule is CCc1noc(CC)c1CNC(=NC)NCCOCCOC.I. The maximum absolute atomic E-state index is 5.40. The maximum Gasteiger partial charge on any atom is 0.191 e. The van der Waals surface area contributed by atoms with Gasteiger partial charge in [0.05, 0.1) is 25.5 Å². The second-order valence-electron chi connectivity index (χ2n) is 4.70. The monoisotopic (exact) mass is 440 g/mol. The molecule has 1 rings (SSSR count). The Hall–Kier alpha value is -0.870. The highest BCUT2D eigenvalue weighted by molar-refractivity contribution is 14.0. The van der Waals surface area contributed by atoms with Crippen LogP contribution in [0.5, 0.6) is 0 Å². The summed E-state index contributed by atoms with van der Waals surface area (Å²) in [4.78, 5) is 4.20. The molecule has 0 radical (unpaired) electrons. The van der Waals surface area contributed by atoms with Gasteiger partial charge < -0.3 is 24.6 Å². The maximum atomic E-state index is 5.40. The molecule has 1 aromatic rings. The molecular formula is C15H29IN4O3. The summed E-state index contributed by atoms with van der Waals surface area (Å²) in [5, 5.41) is 10.6. The van der Waals surface area contributed by atoms with Gasteiger partial charge in [0.2, 0.25) is 0 Å². The minimum atomic E-state index is 0. The Kier molecular flexibility index (Phi) is 13.0. The molecule has 1 heterocycles. The van der Waals surface area contributed by atoms with Crippen LogP contribution in [-0.4, -0.2) is 51.6 Å². The Bertz CT molecular complexity index is 430. The molecular weight excluding hydrogens is 411 g/mol. The predicted octanol–water partition coefficient (Wildman–Crippen LogP) is 1.75. The molecule has 0 spiro atoms. The summed E-state index contributed by atoms with van der Waals surface area (Å²) < 4.78 is 15.7. The van der Waals surface area contributed by atoms with E-state index in [0.29, 0.717) is 32.9 Å². The lowest BCUT2D eigenvalue weighted by Crippen LogP contribution is -2.38. The van der Waals surface area contributed by atoms with Gasteiger partial charge in [0.1, 0.15) is 5.76 Å². The molecule has 0 saturated carbocycles. The molecule has 1 aromatic heterocycles. The smallest absolute Gasteiger partial charge is 0.191 e. The number of aliphatic imine (C=N–C) groups is 1.